The van der Waals surface area contributed by atoms with E-state index in [9.17, 15) is 18.0 Å². The van der Waals surface area contributed by atoms with Gasteiger partial charge in [0, 0.05) is 23.5 Å². The Balaban J connectivity index is 1.41. The molecule has 0 aliphatic heterocycles. The molecular weight excluding hydrogens is 488 g/mol. The Labute approximate surface area is 215 Å². The molecule has 188 valence electrons. The van der Waals surface area contributed by atoms with Gasteiger partial charge in [-0.25, -0.2) is 13.4 Å². The quantitative estimate of drug-likeness (QED) is 0.361. The minimum Gasteiger partial charge on any atom is -0.343 e. The second-order valence-electron chi connectivity index (χ2n) is 8.58. The Morgan fingerprint density at radius 1 is 0.838 bits per heavy atom. The van der Waals surface area contributed by atoms with Gasteiger partial charge in [0.25, 0.3) is 5.91 Å². The smallest absolute Gasteiger partial charge is 0.251 e. The van der Waals surface area contributed by atoms with Crippen LogP contribution in [0.1, 0.15) is 24.2 Å². The lowest BCUT2D eigenvalue weighted by atomic mass is 10.0. The summed E-state index contributed by atoms with van der Waals surface area (Å²) in [5, 5.41) is 4.59. The van der Waals surface area contributed by atoms with E-state index in [4.69, 9.17) is 0 Å². The van der Waals surface area contributed by atoms with E-state index < -0.39 is 26.9 Å². The molecule has 0 unspecified atom stereocenters. The maximum atomic E-state index is 12.5. The number of pyridine rings is 2. The summed E-state index contributed by atoms with van der Waals surface area (Å²) >= 11 is 0. The Hall–Kier alpha value is -4.37. The highest BCUT2D eigenvalue weighted by Crippen LogP contribution is 2.25. The third-order valence-electron chi connectivity index (χ3n) is 5.64. The number of carbonyl (C=O) groups is 2. The molecule has 0 aliphatic rings. The highest BCUT2D eigenvalue weighted by molar-refractivity contribution is 7.92. The SMILES string of the molecule is CC(C)S(=O)(=O)c1cccc(C(=O)NCC(=O)Nc2cccc(-c3cccc(-c4ccncc4)c3)n2)c1. The van der Waals surface area contributed by atoms with Crippen molar-refractivity contribution in [3.05, 3.63) is 96.8 Å². The number of carbonyl (C=O) groups excluding carboxylic acids is 2. The first-order valence-electron chi connectivity index (χ1n) is 11.6. The maximum Gasteiger partial charge on any atom is 0.251 e. The second kappa shape index (κ2) is 11.1. The first-order valence-corrected chi connectivity index (χ1v) is 13.2. The number of rotatable bonds is 8. The van der Waals surface area contributed by atoms with E-state index in [0.717, 1.165) is 16.7 Å². The molecule has 2 heterocycles. The lowest BCUT2D eigenvalue weighted by Gasteiger charge is -2.10. The van der Waals surface area contributed by atoms with Crippen molar-refractivity contribution in [2.45, 2.75) is 24.0 Å². The summed E-state index contributed by atoms with van der Waals surface area (Å²) in [7, 11) is -3.52. The Kier molecular flexibility index (Phi) is 7.74. The molecule has 0 fully saturated rings. The van der Waals surface area contributed by atoms with Crippen LogP contribution >= 0.6 is 0 Å². The van der Waals surface area contributed by atoms with Crippen LogP contribution in [0.3, 0.4) is 0 Å². The van der Waals surface area contributed by atoms with Crippen molar-refractivity contribution < 1.29 is 18.0 Å². The predicted octanol–water partition coefficient (Wildman–Crippen LogP) is 4.36. The van der Waals surface area contributed by atoms with E-state index in [1.165, 1.54) is 24.3 Å². The largest absolute Gasteiger partial charge is 0.343 e. The molecule has 37 heavy (non-hydrogen) atoms. The van der Waals surface area contributed by atoms with Crippen LogP contribution in [0.25, 0.3) is 22.4 Å². The standard InChI is InChI=1S/C28H26N4O4S/c1-19(2)37(35,36)24-9-4-8-23(17-24)28(34)30-18-27(33)32-26-11-5-10-25(31-26)22-7-3-6-21(16-22)20-12-14-29-15-13-20/h3-17,19H,18H2,1-2H3,(H,30,34)(H,31,32,33). The minimum absolute atomic E-state index is 0.0635. The van der Waals surface area contributed by atoms with Crippen LogP contribution < -0.4 is 10.6 Å². The van der Waals surface area contributed by atoms with E-state index in [1.54, 1.807) is 38.4 Å². The second-order valence-corrected chi connectivity index (χ2v) is 11.1. The van der Waals surface area contributed by atoms with Crippen LogP contribution in [-0.2, 0) is 14.6 Å². The van der Waals surface area contributed by atoms with Crippen LogP contribution in [0.2, 0.25) is 0 Å². The summed E-state index contributed by atoms with van der Waals surface area (Å²) in [4.78, 5) is 33.7. The van der Waals surface area contributed by atoms with Crippen molar-refractivity contribution >= 4 is 27.5 Å². The zero-order valence-electron chi connectivity index (χ0n) is 20.4. The van der Waals surface area contributed by atoms with E-state index in [0.29, 0.717) is 11.5 Å². The zero-order chi connectivity index (χ0) is 26.4. The van der Waals surface area contributed by atoms with Gasteiger partial charge in [-0.3, -0.25) is 14.6 Å². The summed E-state index contributed by atoms with van der Waals surface area (Å²) in [6.45, 7) is 2.85. The van der Waals surface area contributed by atoms with Crippen LogP contribution in [0, 0.1) is 0 Å². The Morgan fingerprint density at radius 2 is 1.54 bits per heavy atom. The fourth-order valence-electron chi connectivity index (χ4n) is 3.60. The minimum atomic E-state index is -3.52. The lowest BCUT2D eigenvalue weighted by Crippen LogP contribution is -2.33. The van der Waals surface area contributed by atoms with E-state index in [-0.39, 0.29) is 17.0 Å². The molecule has 2 aromatic carbocycles. The molecule has 8 nitrogen and oxygen atoms in total. The third kappa shape index (κ3) is 6.25. The highest BCUT2D eigenvalue weighted by atomic mass is 32.2. The van der Waals surface area contributed by atoms with Crippen LogP contribution in [0.15, 0.2) is 96.2 Å². The number of hydrogen-bond donors (Lipinski definition) is 2. The summed E-state index contributed by atoms with van der Waals surface area (Å²) in [6, 6.07) is 22.8. The van der Waals surface area contributed by atoms with Gasteiger partial charge in [0.2, 0.25) is 5.91 Å². The van der Waals surface area contributed by atoms with Gasteiger partial charge in [-0.15, -0.1) is 0 Å². The van der Waals surface area contributed by atoms with Crippen molar-refractivity contribution in [1.29, 1.82) is 0 Å². The highest BCUT2D eigenvalue weighted by Gasteiger charge is 2.20. The summed E-state index contributed by atoms with van der Waals surface area (Å²) < 4.78 is 24.8. The van der Waals surface area contributed by atoms with Gasteiger partial charge < -0.3 is 10.6 Å². The number of anilines is 1. The predicted molar refractivity (Wildman–Crippen MR) is 143 cm³/mol. The molecule has 0 saturated heterocycles. The molecule has 0 atom stereocenters. The van der Waals surface area contributed by atoms with E-state index in [2.05, 4.69) is 20.6 Å². The van der Waals surface area contributed by atoms with Crippen molar-refractivity contribution in [1.82, 2.24) is 15.3 Å². The Bertz CT molecular complexity index is 1540. The van der Waals surface area contributed by atoms with Gasteiger partial charge in [0.15, 0.2) is 9.84 Å². The van der Waals surface area contributed by atoms with Crippen molar-refractivity contribution in [2.24, 2.45) is 0 Å². The summed E-state index contributed by atoms with van der Waals surface area (Å²) in [5.74, 6) is -0.670. The van der Waals surface area contributed by atoms with E-state index in [1.807, 2.05) is 42.5 Å². The molecule has 0 spiro atoms. The Morgan fingerprint density at radius 3 is 2.30 bits per heavy atom. The fourth-order valence-corrected chi connectivity index (χ4v) is 4.71. The molecule has 0 aliphatic carbocycles. The van der Waals surface area contributed by atoms with Gasteiger partial charge in [0.1, 0.15) is 5.82 Å². The fraction of sp³-hybridized carbons (Fsp3) is 0.143. The molecule has 4 aromatic rings. The molecular formula is C28H26N4O4S. The molecule has 9 heteroatoms. The third-order valence-corrected chi connectivity index (χ3v) is 7.80. The number of nitrogens with one attached hydrogen (secondary N) is 2. The number of aromatic nitrogens is 2. The normalized spacial score (nSPS) is 11.2. The van der Waals surface area contributed by atoms with Crippen LogP contribution in [0.4, 0.5) is 5.82 Å². The van der Waals surface area contributed by atoms with Gasteiger partial charge >= 0.3 is 0 Å². The van der Waals surface area contributed by atoms with Gasteiger partial charge in [0.05, 0.1) is 22.4 Å². The number of benzene rings is 2. The summed E-state index contributed by atoms with van der Waals surface area (Å²) in [5.41, 5.74) is 3.77. The topological polar surface area (TPSA) is 118 Å². The lowest BCUT2D eigenvalue weighted by molar-refractivity contribution is -0.115. The monoisotopic (exact) mass is 514 g/mol. The van der Waals surface area contributed by atoms with Crippen molar-refractivity contribution in [2.75, 3.05) is 11.9 Å². The molecule has 4 rings (SSSR count). The number of nitrogens with zero attached hydrogens (tertiary/aromatic N) is 2. The number of sulfone groups is 1. The molecule has 0 bridgehead atoms. The molecule has 2 amide bonds. The van der Waals surface area contributed by atoms with Gasteiger partial charge in [-0.1, -0.05) is 30.3 Å². The first-order chi connectivity index (χ1) is 17.7. The van der Waals surface area contributed by atoms with Crippen LogP contribution in [0.5, 0.6) is 0 Å². The average molecular weight is 515 g/mol. The molecule has 2 aromatic heterocycles. The van der Waals surface area contributed by atoms with E-state index >= 15 is 0 Å². The first kappa shape index (κ1) is 25.7. The average Bonchev–Trinajstić information content (AvgIpc) is 2.92. The molecule has 0 radical (unpaired) electrons. The van der Waals surface area contributed by atoms with Crippen molar-refractivity contribution in [3.8, 4) is 22.4 Å². The van der Waals surface area contributed by atoms with Crippen LogP contribution in [-0.4, -0.2) is 42.0 Å². The molecule has 0 saturated carbocycles. The number of amides is 2. The van der Waals surface area contributed by atoms with Gasteiger partial charge in [-0.05, 0) is 73.5 Å². The maximum absolute atomic E-state index is 12.5. The molecule has 2 N–H and O–H groups in total. The zero-order valence-corrected chi connectivity index (χ0v) is 21.2. The summed E-state index contributed by atoms with van der Waals surface area (Å²) in [6.07, 6.45) is 3.47. The van der Waals surface area contributed by atoms with Crippen molar-refractivity contribution in [3.63, 3.8) is 0 Å². The van der Waals surface area contributed by atoms with Gasteiger partial charge in [-0.2, -0.15) is 0 Å². The number of hydrogen-bond acceptors (Lipinski definition) is 6.